The van der Waals surface area contributed by atoms with Gasteiger partial charge in [0.2, 0.25) is 5.88 Å². The topological polar surface area (TPSA) is 42.4 Å². The van der Waals surface area contributed by atoms with Crippen molar-refractivity contribution < 1.29 is 9.84 Å². The Labute approximate surface area is 129 Å². The van der Waals surface area contributed by atoms with Crippen LogP contribution in [0.4, 0.5) is 0 Å². The van der Waals surface area contributed by atoms with E-state index in [1.165, 1.54) is 0 Å². The van der Waals surface area contributed by atoms with Gasteiger partial charge >= 0.3 is 0 Å². The molecule has 0 radical (unpaired) electrons. The van der Waals surface area contributed by atoms with Gasteiger partial charge in [-0.05, 0) is 41.1 Å². The summed E-state index contributed by atoms with van der Waals surface area (Å²) in [7, 11) is 0. The second kappa shape index (κ2) is 6.09. The predicted molar refractivity (Wildman–Crippen MR) is 79.1 cm³/mol. The van der Waals surface area contributed by atoms with Crippen molar-refractivity contribution >= 4 is 39.1 Å². The number of benzene rings is 1. The van der Waals surface area contributed by atoms with E-state index in [2.05, 4.69) is 20.9 Å². The number of hydrogen-bond acceptors (Lipinski definition) is 3. The summed E-state index contributed by atoms with van der Waals surface area (Å²) < 4.78 is 6.31. The third-order valence-corrected chi connectivity index (χ3v) is 3.92. The first-order valence-electron chi connectivity index (χ1n) is 5.44. The Balaban J connectivity index is 2.39. The number of nitrogens with zero attached hydrogens (tertiary/aromatic N) is 1. The Morgan fingerprint density at radius 2 is 2.05 bits per heavy atom. The minimum atomic E-state index is -0.687. The van der Waals surface area contributed by atoms with Crippen molar-refractivity contribution in [3.8, 4) is 11.6 Å². The molecule has 1 atom stereocenters. The van der Waals surface area contributed by atoms with Crippen molar-refractivity contribution in [2.75, 3.05) is 0 Å². The zero-order valence-corrected chi connectivity index (χ0v) is 13.0. The van der Waals surface area contributed by atoms with Crippen molar-refractivity contribution in [2.45, 2.75) is 13.0 Å². The normalized spacial score (nSPS) is 12.3. The average molecular weight is 363 g/mol. The van der Waals surface area contributed by atoms with Crippen LogP contribution in [0.25, 0.3) is 0 Å². The van der Waals surface area contributed by atoms with Crippen LogP contribution in [-0.4, -0.2) is 10.1 Å². The van der Waals surface area contributed by atoms with Crippen LogP contribution in [0.5, 0.6) is 11.6 Å². The number of ether oxygens (including phenoxy) is 1. The Morgan fingerprint density at radius 1 is 1.32 bits per heavy atom. The largest absolute Gasteiger partial charge is 0.437 e. The molecule has 1 N–H and O–H groups in total. The molecule has 2 aromatic rings. The van der Waals surface area contributed by atoms with Crippen molar-refractivity contribution in [1.82, 2.24) is 4.98 Å². The Bertz CT molecular complexity index is 605. The number of aliphatic hydroxyl groups excluding tert-OH is 1. The number of halogens is 3. The van der Waals surface area contributed by atoms with E-state index in [0.29, 0.717) is 31.7 Å². The van der Waals surface area contributed by atoms with Gasteiger partial charge in [0.25, 0.3) is 0 Å². The van der Waals surface area contributed by atoms with Crippen LogP contribution >= 0.6 is 39.1 Å². The lowest BCUT2D eigenvalue weighted by Gasteiger charge is -2.13. The van der Waals surface area contributed by atoms with Crippen LogP contribution in [0.3, 0.4) is 0 Å². The second-order valence-corrected chi connectivity index (χ2v) is 5.54. The molecular weight excluding hydrogens is 353 g/mol. The smallest absolute Gasteiger partial charge is 0.225 e. The zero-order chi connectivity index (χ0) is 14.0. The summed E-state index contributed by atoms with van der Waals surface area (Å²) in [6.45, 7) is 1.64. The summed E-state index contributed by atoms with van der Waals surface area (Å²) >= 11 is 15.4. The molecule has 2 rings (SSSR count). The summed E-state index contributed by atoms with van der Waals surface area (Å²) in [5, 5.41) is 10.5. The summed E-state index contributed by atoms with van der Waals surface area (Å²) in [6.07, 6.45) is 0.892. The second-order valence-electron chi connectivity index (χ2n) is 3.87. The van der Waals surface area contributed by atoms with Gasteiger partial charge < -0.3 is 9.84 Å². The highest BCUT2D eigenvalue weighted by Gasteiger charge is 2.13. The molecule has 1 heterocycles. The fourth-order valence-corrected chi connectivity index (χ4v) is 2.32. The Kier molecular flexibility index (Phi) is 4.68. The maximum Gasteiger partial charge on any atom is 0.225 e. The van der Waals surface area contributed by atoms with Crippen LogP contribution in [0.15, 0.2) is 34.9 Å². The van der Waals surface area contributed by atoms with Crippen LogP contribution < -0.4 is 4.74 Å². The van der Waals surface area contributed by atoms with Crippen molar-refractivity contribution in [3.05, 3.63) is 50.5 Å². The maximum atomic E-state index is 9.66. The molecule has 0 aliphatic carbocycles. The summed E-state index contributed by atoms with van der Waals surface area (Å²) in [5.41, 5.74) is 0.581. The first kappa shape index (κ1) is 14.6. The average Bonchev–Trinajstić information content (AvgIpc) is 2.36. The summed E-state index contributed by atoms with van der Waals surface area (Å²) in [4.78, 5) is 4.09. The Hall–Kier alpha value is -0.810. The van der Waals surface area contributed by atoms with E-state index >= 15 is 0 Å². The third-order valence-electron chi connectivity index (χ3n) is 2.43. The molecule has 1 aromatic carbocycles. The molecule has 1 aromatic heterocycles. The van der Waals surface area contributed by atoms with Gasteiger partial charge in [-0.3, -0.25) is 0 Å². The van der Waals surface area contributed by atoms with Crippen molar-refractivity contribution in [3.63, 3.8) is 0 Å². The SMILES string of the molecule is C[C@@H](O)c1cccnc1Oc1cc(Cl)c(Br)cc1Cl. The summed E-state index contributed by atoms with van der Waals surface area (Å²) in [6, 6.07) is 6.70. The highest BCUT2D eigenvalue weighted by Crippen LogP contribution is 2.37. The minimum absolute atomic E-state index is 0.304. The molecule has 0 amide bonds. The Morgan fingerprint density at radius 3 is 2.74 bits per heavy atom. The molecule has 0 aliphatic heterocycles. The quantitative estimate of drug-likeness (QED) is 0.781. The van der Waals surface area contributed by atoms with Gasteiger partial charge in [-0.25, -0.2) is 4.98 Å². The molecule has 0 saturated heterocycles. The van der Waals surface area contributed by atoms with Crippen LogP contribution in [0.2, 0.25) is 10.0 Å². The predicted octanol–water partition coefficient (Wildman–Crippen LogP) is 5.00. The van der Waals surface area contributed by atoms with Gasteiger partial charge in [-0.15, -0.1) is 0 Å². The fourth-order valence-electron chi connectivity index (χ4n) is 1.49. The molecular formula is C13H10BrCl2NO2. The van der Waals surface area contributed by atoms with E-state index < -0.39 is 6.10 Å². The van der Waals surface area contributed by atoms with Gasteiger partial charge in [-0.1, -0.05) is 23.2 Å². The first-order valence-corrected chi connectivity index (χ1v) is 6.99. The minimum Gasteiger partial charge on any atom is -0.437 e. The molecule has 3 nitrogen and oxygen atoms in total. The first-order chi connectivity index (χ1) is 8.99. The van der Waals surface area contributed by atoms with Crippen LogP contribution in [0, 0.1) is 0 Å². The van der Waals surface area contributed by atoms with E-state index in [4.69, 9.17) is 27.9 Å². The molecule has 0 aliphatic rings. The van der Waals surface area contributed by atoms with Gasteiger partial charge in [0.05, 0.1) is 16.1 Å². The fraction of sp³-hybridized carbons (Fsp3) is 0.154. The molecule has 6 heteroatoms. The van der Waals surface area contributed by atoms with Crippen LogP contribution in [-0.2, 0) is 0 Å². The van der Waals surface area contributed by atoms with E-state index in [1.54, 1.807) is 37.4 Å². The van der Waals surface area contributed by atoms with Crippen LogP contribution in [0.1, 0.15) is 18.6 Å². The number of pyridine rings is 1. The molecule has 0 fully saturated rings. The molecule has 19 heavy (non-hydrogen) atoms. The zero-order valence-electron chi connectivity index (χ0n) is 9.90. The lowest BCUT2D eigenvalue weighted by atomic mass is 10.2. The standard InChI is InChI=1S/C13H10BrCl2NO2/c1-7(18)8-3-2-4-17-13(8)19-12-6-10(15)9(14)5-11(12)16/h2-7,18H,1H3/t7-/m1/s1. The van der Waals surface area contributed by atoms with Gasteiger partial charge in [-0.2, -0.15) is 0 Å². The van der Waals surface area contributed by atoms with E-state index in [9.17, 15) is 5.11 Å². The highest BCUT2D eigenvalue weighted by atomic mass is 79.9. The van der Waals surface area contributed by atoms with Gasteiger partial charge in [0.15, 0.2) is 0 Å². The van der Waals surface area contributed by atoms with E-state index in [-0.39, 0.29) is 0 Å². The maximum absolute atomic E-state index is 9.66. The molecule has 0 saturated carbocycles. The summed E-state index contributed by atoms with van der Waals surface area (Å²) in [5.74, 6) is 0.688. The van der Waals surface area contributed by atoms with Crippen molar-refractivity contribution in [2.24, 2.45) is 0 Å². The number of aliphatic hydroxyl groups is 1. The molecule has 0 bridgehead atoms. The number of hydrogen-bond donors (Lipinski definition) is 1. The lowest BCUT2D eigenvalue weighted by molar-refractivity contribution is 0.194. The number of aromatic nitrogens is 1. The molecule has 100 valence electrons. The lowest BCUT2D eigenvalue weighted by Crippen LogP contribution is -1.98. The van der Waals surface area contributed by atoms with Crippen molar-refractivity contribution in [1.29, 1.82) is 0 Å². The highest BCUT2D eigenvalue weighted by molar-refractivity contribution is 9.10. The monoisotopic (exact) mass is 361 g/mol. The number of rotatable bonds is 3. The third kappa shape index (κ3) is 3.39. The van der Waals surface area contributed by atoms with E-state index in [1.807, 2.05) is 0 Å². The van der Waals surface area contributed by atoms with Gasteiger partial charge in [0.1, 0.15) is 5.75 Å². The molecule has 0 unspecified atom stereocenters. The molecule has 0 spiro atoms. The van der Waals surface area contributed by atoms with E-state index in [0.717, 1.165) is 0 Å². The van der Waals surface area contributed by atoms with Gasteiger partial charge in [0, 0.05) is 22.3 Å².